The van der Waals surface area contributed by atoms with Crippen LogP contribution >= 0.6 is 0 Å². The van der Waals surface area contributed by atoms with E-state index in [1.807, 2.05) is 0 Å². The molecule has 1 atom stereocenters. The first-order valence-corrected chi connectivity index (χ1v) is 2.95. The van der Waals surface area contributed by atoms with Crippen LogP contribution in [0.4, 0.5) is 0 Å². The van der Waals surface area contributed by atoms with Gasteiger partial charge in [-0.05, 0) is 19.9 Å². The first-order valence-electron chi connectivity index (χ1n) is 2.95. The van der Waals surface area contributed by atoms with E-state index in [1.54, 1.807) is 13.8 Å². The molecular formula is C6H12KNO2. The molecule has 0 rings (SSSR count). The zero-order valence-electron chi connectivity index (χ0n) is 6.97. The third-order valence-corrected chi connectivity index (χ3v) is 0.705. The molecular weight excluding hydrogens is 157 g/mol. The molecule has 0 bridgehead atoms. The maximum Gasteiger partial charge on any atom is 1.00 e. The molecule has 0 radical (unpaired) electrons. The van der Waals surface area contributed by atoms with E-state index < -0.39 is 12.0 Å². The van der Waals surface area contributed by atoms with Gasteiger partial charge in [0.15, 0.2) is 0 Å². The molecule has 0 aliphatic rings. The minimum absolute atomic E-state index is 0. The number of rotatable bonds is 2. The Morgan fingerprint density at radius 1 is 1.40 bits per heavy atom. The zero-order valence-corrected chi connectivity index (χ0v) is 10.1. The Kier molecular flexibility index (Phi) is 9.22. The van der Waals surface area contributed by atoms with Crippen molar-refractivity contribution < 1.29 is 60.9 Å². The number of esters is 1. The van der Waals surface area contributed by atoms with Gasteiger partial charge in [0, 0.05) is 0 Å². The van der Waals surface area contributed by atoms with Crippen molar-refractivity contribution in [2.45, 2.75) is 32.9 Å². The van der Waals surface area contributed by atoms with Crippen LogP contribution in [0.1, 0.15) is 20.8 Å². The second-order valence-corrected chi connectivity index (χ2v) is 2.21. The number of carbonyl (C=O) groups is 1. The van der Waals surface area contributed by atoms with Gasteiger partial charge >= 0.3 is 51.4 Å². The maximum absolute atomic E-state index is 10.5. The van der Waals surface area contributed by atoms with Crippen LogP contribution in [0.2, 0.25) is 0 Å². The summed E-state index contributed by atoms with van der Waals surface area (Å²) in [6.07, 6.45) is -0.106. The Bertz CT molecular complexity index is 104. The largest absolute Gasteiger partial charge is 1.00 e. The fourth-order valence-electron chi connectivity index (χ4n) is 0.334. The van der Waals surface area contributed by atoms with E-state index in [1.165, 1.54) is 6.92 Å². The molecule has 0 heterocycles. The molecule has 1 unspecified atom stereocenters. The second-order valence-electron chi connectivity index (χ2n) is 2.21. The van der Waals surface area contributed by atoms with Gasteiger partial charge in [-0.25, -0.2) is 0 Å². The van der Waals surface area contributed by atoms with Crippen LogP contribution in [0, 0.1) is 0 Å². The summed E-state index contributed by atoms with van der Waals surface area (Å²) in [5.74, 6) is -0.454. The van der Waals surface area contributed by atoms with Crippen molar-refractivity contribution >= 4 is 5.97 Å². The van der Waals surface area contributed by atoms with Crippen molar-refractivity contribution in [2.24, 2.45) is 0 Å². The molecule has 0 fully saturated rings. The number of ether oxygens (including phenoxy) is 1. The Morgan fingerprint density at radius 3 is 1.90 bits per heavy atom. The first-order chi connectivity index (χ1) is 4.04. The van der Waals surface area contributed by atoms with Gasteiger partial charge in [-0.2, -0.15) is 0 Å². The number of hydrogen-bond acceptors (Lipinski definition) is 2. The fraction of sp³-hybridized carbons (Fsp3) is 0.833. The Hall–Kier alpha value is 1.07. The summed E-state index contributed by atoms with van der Waals surface area (Å²) in [4.78, 5) is 10.5. The van der Waals surface area contributed by atoms with Crippen molar-refractivity contribution in [3.63, 3.8) is 0 Å². The molecule has 0 saturated carbocycles. The predicted octanol–water partition coefficient (Wildman–Crippen LogP) is -1.62. The summed E-state index contributed by atoms with van der Waals surface area (Å²) in [6, 6.07) is -0.757. The smallest absolute Gasteiger partial charge is 0.666 e. The quantitative estimate of drug-likeness (QED) is 0.368. The van der Waals surface area contributed by atoms with Crippen LogP contribution in [-0.2, 0) is 9.53 Å². The number of nitrogens with one attached hydrogen (secondary N) is 1. The van der Waals surface area contributed by atoms with Crippen LogP contribution in [0.5, 0.6) is 0 Å². The van der Waals surface area contributed by atoms with Crippen LogP contribution in [0.3, 0.4) is 0 Å². The van der Waals surface area contributed by atoms with E-state index in [4.69, 9.17) is 5.73 Å². The minimum Gasteiger partial charge on any atom is -0.666 e. The molecule has 0 aliphatic heterocycles. The molecule has 0 aromatic heterocycles. The number of hydrogen-bond donors (Lipinski definition) is 0. The molecule has 1 N–H and O–H groups in total. The molecule has 0 aromatic carbocycles. The summed E-state index contributed by atoms with van der Waals surface area (Å²) in [5.41, 5.74) is 6.90. The Morgan fingerprint density at radius 2 is 1.80 bits per heavy atom. The monoisotopic (exact) mass is 169 g/mol. The summed E-state index contributed by atoms with van der Waals surface area (Å²) in [7, 11) is 0. The molecule has 0 spiro atoms. The van der Waals surface area contributed by atoms with Crippen molar-refractivity contribution in [1.82, 2.24) is 0 Å². The molecule has 0 amide bonds. The van der Waals surface area contributed by atoms with Crippen molar-refractivity contribution in [3.05, 3.63) is 5.73 Å². The average molecular weight is 169 g/mol. The molecule has 0 aromatic rings. The van der Waals surface area contributed by atoms with Crippen LogP contribution in [0.25, 0.3) is 5.73 Å². The van der Waals surface area contributed by atoms with Gasteiger partial charge in [0.1, 0.15) is 0 Å². The van der Waals surface area contributed by atoms with Gasteiger partial charge in [0.25, 0.3) is 5.97 Å². The van der Waals surface area contributed by atoms with Gasteiger partial charge < -0.3 is 10.5 Å². The Labute approximate surface area is 104 Å². The predicted molar refractivity (Wildman–Crippen MR) is 35.0 cm³/mol. The van der Waals surface area contributed by atoms with Gasteiger partial charge in [-0.1, -0.05) is 6.92 Å². The van der Waals surface area contributed by atoms with Crippen LogP contribution in [-0.4, -0.2) is 18.1 Å². The van der Waals surface area contributed by atoms with Gasteiger partial charge in [-0.3, -0.25) is 4.79 Å². The summed E-state index contributed by atoms with van der Waals surface area (Å²) >= 11 is 0. The average Bonchev–Trinajstić information content (AvgIpc) is 1.63. The zero-order chi connectivity index (χ0) is 7.44. The van der Waals surface area contributed by atoms with E-state index in [2.05, 4.69) is 4.74 Å². The van der Waals surface area contributed by atoms with Gasteiger partial charge in [0.05, 0.1) is 6.10 Å². The normalized spacial score (nSPS) is 12.1. The van der Waals surface area contributed by atoms with E-state index in [0.29, 0.717) is 0 Å². The molecule has 10 heavy (non-hydrogen) atoms. The second kappa shape index (κ2) is 6.76. The first kappa shape index (κ1) is 13.6. The third kappa shape index (κ3) is 7.18. The molecule has 0 aliphatic carbocycles. The third-order valence-electron chi connectivity index (χ3n) is 0.705. The van der Waals surface area contributed by atoms with E-state index in [-0.39, 0.29) is 57.5 Å². The Balaban J connectivity index is 0. The van der Waals surface area contributed by atoms with Gasteiger partial charge in [-0.15, -0.1) is 0 Å². The SMILES string of the molecule is CC(C)OC(=O)C(C)[NH-].[K+]. The van der Waals surface area contributed by atoms with Crippen LogP contribution in [0.15, 0.2) is 0 Å². The summed E-state index contributed by atoms with van der Waals surface area (Å²) in [5, 5.41) is 0. The van der Waals surface area contributed by atoms with E-state index in [9.17, 15) is 4.79 Å². The molecule has 4 heteroatoms. The standard InChI is InChI=1S/C6H12NO2.K/c1-4(2)9-6(8)5(3)7;/h4-5,7H,1-3H3;/q-1;+1. The molecule has 54 valence electrons. The number of carbonyl (C=O) groups excluding carboxylic acids is 1. The molecule has 0 saturated heterocycles. The van der Waals surface area contributed by atoms with Crippen molar-refractivity contribution in [2.75, 3.05) is 0 Å². The summed E-state index contributed by atoms with van der Waals surface area (Å²) in [6.45, 7) is 5.02. The van der Waals surface area contributed by atoms with Crippen LogP contribution < -0.4 is 51.4 Å². The maximum atomic E-state index is 10.5. The summed E-state index contributed by atoms with van der Waals surface area (Å²) < 4.78 is 4.69. The van der Waals surface area contributed by atoms with Crippen molar-refractivity contribution in [3.8, 4) is 0 Å². The van der Waals surface area contributed by atoms with E-state index >= 15 is 0 Å². The molecule has 3 nitrogen and oxygen atoms in total. The topological polar surface area (TPSA) is 50.1 Å². The van der Waals surface area contributed by atoms with Crippen molar-refractivity contribution in [1.29, 1.82) is 0 Å². The van der Waals surface area contributed by atoms with E-state index in [0.717, 1.165) is 0 Å². The fourth-order valence-corrected chi connectivity index (χ4v) is 0.334. The minimum atomic E-state index is -0.757. The van der Waals surface area contributed by atoms with Gasteiger partial charge in [0.2, 0.25) is 0 Å².